The molecule has 2 nitrogen and oxygen atoms in total. The van der Waals surface area contributed by atoms with E-state index in [0.29, 0.717) is 0 Å². The van der Waals surface area contributed by atoms with Gasteiger partial charge in [-0.1, -0.05) is 0 Å². The first-order chi connectivity index (χ1) is 8.14. The van der Waals surface area contributed by atoms with Crippen molar-refractivity contribution >= 4 is 16.1 Å². The molecule has 0 atom stereocenters. The van der Waals surface area contributed by atoms with Crippen LogP contribution in [0, 0.1) is 0 Å². The Morgan fingerprint density at radius 3 is 1.44 bits per heavy atom. The molecule has 0 fully saturated rings. The summed E-state index contributed by atoms with van der Waals surface area (Å²) in [7, 11) is -0.640. The van der Waals surface area contributed by atoms with Gasteiger partial charge in [-0.05, 0) is 0 Å². The van der Waals surface area contributed by atoms with Crippen molar-refractivity contribution in [1.29, 1.82) is 0 Å². The third-order valence-corrected chi connectivity index (χ3v) is 8.80. The fourth-order valence-electron chi connectivity index (χ4n) is 1.93. The number of hydrogen-bond acceptors (Lipinski definition) is 2. The summed E-state index contributed by atoms with van der Waals surface area (Å²) in [5.74, 6) is 0. The van der Waals surface area contributed by atoms with Crippen molar-refractivity contribution in [3.63, 3.8) is 0 Å². The summed E-state index contributed by atoms with van der Waals surface area (Å²) in [6.07, 6.45) is 3.76. The number of allylic oxidation sites excluding steroid dienone is 4. The van der Waals surface area contributed by atoms with Crippen LogP contribution in [0.5, 0.6) is 0 Å². The zero-order chi connectivity index (χ0) is 15.1. The van der Waals surface area contributed by atoms with Gasteiger partial charge in [-0.25, -0.2) is 0 Å². The van der Waals surface area contributed by atoms with Gasteiger partial charge in [-0.3, -0.25) is 0 Å². The quantitative estimate of drug-likeness (QED) is 0.729. The minimum atomic E-state index is -1.08. The minimum absolute atomic E-state index is 0.750. The predicted molar refractivity (Wildman–Crippen MR) is 78.3 cm³/mol. The van der Waals surface area contributed by atoms with E-state index in [9.17, 15) is 0 Å². The Kier molecular flexibility index (Phi) is 10.0. The fraction of sp³-hybridized carbons (Fsp3) is 0.692. The molecule has 0 radical (unpaired) electrons. The summed E-state index contributed by atoms with van der Waals surface area (Å²) >= 11 is 2.35. The Hall–Kier alpha value is 0.548. The van der Waals surface area contributed by atoms with Gasteiger partial charge in [-0.2, -0.15) is 14.2 Å². The van der Waals surface area contributed by atoms with Gasteiger partial charge in [-0.15, -0.1) is 0 Å². The van der Waals surface area contributed by atoms with Crippen LogP contribution in [0.15, 0.2) is 20.3 Å². The van der Waals surface area contributed by atoms with Crippen molar-refractivity contribution in [2.45, 2.75) is 45.7 Å². The molecule has 0 bridgehead atoms. The summed E-state index contributed by atoms with van der Waals surface area (Å²) in [5, 5.41) is 20.0. The Balaban J connectivity index is 0. The zero-order valence-corrected chi connectivity index (χ0v) is 16.7. The Labute approximate surface area is 127 Å². The molecular formula is C13H27O2Si2Ti. The summed E-state index contributed by atoms with van der Waals surface area (Å²) in [6.45, 7) is 14.8. The van der Waals surface area contributed by atoms with Gasteiger partial charge in [0.05, 0.1) is 0 Å². The first kappa shape index (κ1) is 20.9. The second-order valence-corrected chi connectivity index (χ2v) is 17.1. The topological polar surface area (TPSA) is 46.1 Å². The van der Waals surface area contributed by atoms with Crippen LogP contribution >= 0.6 is 0 Å². The third-order valence-electron chi connectivity index (χ3n) is 2.79. The van der Waals surface area contributed by atoms with Crippen LogP contribution in [0.2, 0.25) is 39.3 Å². The van der Waals surface area contributed by atoms with E-state index in [1.165, 1.54) is 6.42 Å². The van der Waals surface area contributed by atoms with Gasteiger partial charge in [0.2, 0.25) is 0 Å². The van der Waals surface area contributed by atoms with Crippen LogP contribution in [-0.2, 0) is 20.4 Å². The van der Waals surface area contributed by atoms with Gasteiger partial charge in [0, 0.05) is 0 Å². The van der Waals surface area contributed by atoms with E-state index in [2.05, 4.69) is 65.8 Å². The predicted octanol–water partition coefficient (Wildman–Crippen LogP) is 1.83. The van der Waals surface area contributed by atoms with Crippen LogP contribution in [-0.4, -0.2) is 30.4 Å². The molecule has 0 heterocycles. The molecule has 0 N–H and O–H groups in total. The second-order valence-electron chi connectivity index (χ2n) is 6.18. The first-order valence-electron chi connectivity index (χ1n) is 6.12. The number of hydrogen-bond donors (Lipinski definition) is 0. The van der Waals surface area contributed by atoms with Crippen LogP contribution < -0.4 is 10.2 Å². The standard InChI is InChI=1S/C11H21Si2.2CH3O.Ti/c1-12(2,3)10-7-8-11(9-10)13(4,5)6;2*1-2;/h7H,8H2,1-6H3;2*1H3;/q;2*-1;+2. The van der Waals surface area contributed by atoms with Crippen molar-refractivity contribution in [3.05, 3.63) is 20.3 Å². The third kappa shape index (κ3) is 6.13. The number of rotatable bonds is 2. The normalized spacial score (nSPS) is 15.4. The average Bonchev–Trinajstić information content (AvgIpc) is 2.65. The summed E-state index contributed by atoms with van der Waals surface area (Å²) in [4.78, 5) is 0. The molecule has 0 spiro atoms. The van der Waals surface area contributed by atoms with Gasteiger partial charge in [0.25, 0.3) is 0 Å². The molecule has 0 aromatic rings. The molecule has 1 aliphatic carbocycles. The van der Waals surface area contributed by atoms with Crippen molar-refractivity contribution < 1.29 is 30.6 Å². The molecule has 0 aliphatic heterocycles. The molecular weight excluding hydrogens is 292 g/mol. The monoisotopic (exact) mass is 319 g/mol. The van der Waals surface area contributed by atoms with Gasteiger partial charge in [0.15, 0.2) is 0 Å². The molecule has 0 saturated heterocycles. The van der Waals surface area contributed by atoms with Gasteiger partial charge < -0.3 is 10.2 Å². The second kappa shape index (κ2) is 8.67. The van der Waals surface area contributed by atoms with Crippen LogP contribution in [0.25, 0.3) is 0 Å². The van der Waals surface area contributed by atoms with E-state index < -0.39 is 16.1 Å². The molecule has 5 heteroatoms. The first-order valence-corrected chi connectivity index (χ1v) is 13.9. The summed E-state index contributed by atoms with van der Waals surface area (Å²) in [6, 6.07) is 0. The molecule has 0 unspecified atom stereocenters. The van der Waals surface area contributed by atoms with E-state index in [4.69, 9.17) is 10.2 Å². The Morgan fingerprint density at radius 2 is 1.28 bits per heavy atom. The molecule has 1 aliphatic rings. The van der Waals surface area contributed by atoms with Crippen molar-refractivity contribution in [2.24, 2.45) is 0 Å². The Bertz CT molecular complexity index is 292. The van der Waals surface area contributed by atoms with E-state index in [1.54, 1.807) is 14.3 Å². The SMILES string of the molecule is C[O-].C[O-].C[Si](C)(C)C1=CCC([Si](C)(C)C)=[C]1[Ti+2]. The van der Waals surface area contributed by atoms with E-state index in [0.717, 1.165) is 14.2 Å². The van der Waals surface area contributed by atoms with Crippen LogP contribution in [0.1, 0.15) is 6.42 Å². The molecule has 103 valence electrons. The molecule has 1 rings (SSSR count). The zero-order valence-electron chi connectivity index (χ0n) is 13.1. The maximum absolute atomic E-state index is 8.25. The average molecular weight is 319 g/mol. The van der Waals surface area contributed by atoms with Gasteiger partial charge in [0.1, 0.15) is 0 Å². The molecule has 18 heavy (non-hydrogen) atoms. The molecule has 0 aromatic heterocycles. The Morgan fingerprint density at radius 1 is 0.889 bits per heavy atom. The van der Waals surface area contributed by atoms with E-state index >= 15 is 0 Å². The van der Waals surface area contributed by atoms with Gasteiger partial charge >= 0.3 is 103 Å². The molecule has 0 saturated carbocycles. The molecule has 0 amide bonds. The van der Waals surface area contributed by atoms with E-state index in [-0.39, 0.29) is 0 Å². The summed E-state index contributed by atoms with van der Waals surface area (Å²) < 4.78 is 1.66. The molecule has 0 aromatic carbocycles. The maximum atomic E-state index is 8.25. The fourth-order valence-corrected chi connectivity index (χ4v) is 9.10. The van der Waals surface area contributed by atoms with Crippen molar-refractivity contribution in [2.75, 3.05) is 14.2 Å². The summed E-state index contributed by atoms with van der Waals surface area (Å²) in [5.41, 5.74) is 0. The van der Waals surface area contributed by atoms with Crippen LogP contribution in [0.3, 0.4) is 0 Å². The van der Waals surface area contributed by atoms with Crippen molar-refractivity contribution in [3.8, 4) is 0 Å². The van der Waals surface area contributed by atoms with E-state index in [1.807, 2.05) is 0 Å². The van der Waals surface area contributed by atoms with Crippen molar-refractivity contribution in [1.82, 2.24) is 0 Å². The van der Waals surface area contributed by atoms with Crippen LogP contribution in [0.4, 0.5) is 0 Å².